The maximum atomic E-state index is 15.5. The fourth-order valence-electron chi connectivity index (χ4n) is 5.15. The second-order valence-corrected chi connectivity index (χ2v) is 11.3. The molecule has 0 aliphatic carbocycles. The summed E-state index contributed by atoms with van der Waals surface area (Å²) in [5.74, 6) is -1.35. The second-order valence-electron chi connectivity index (χ2n) is 9.74. The van der Waals surface area contributed by atoms with E-state index in [1.807, 2.05) is 24.3 Å². The summed E-state index contributed by atoms with van der Waals surface area (Å²) in [6.45, 7) is 2.93. The van der Waals surface area contributed by atoms with Gasteiger partial charge in [-0.15, -0.1) is 24.4 Å². The molecule has 1 N–H and O–H groups in total. The summed E-state index contributed by atoms with van der Waals surface area (Å²) in [5.41, 5.74) is 2.14. The number of rotatable bonds is 9. The molecular formula is C31H29F3N2O2S2. The number of aromatic nitrogens is 1. The van der Waals surface area contributed by atoms with Gasteiger partial charge in [0.2, 0.25) is 0 Å². The number of nitrogens with zero attached hydrogens (tertiary/aromatic N) is 1. The second kappa shape index (κ2) is 12.2. The van der Waals surface area contributed by atoms with E-state index in [0.29, 0.717) is 35.0 Å². The zero-order valence-electron chi connectivity index (χ0n) is 22.1. The molecule has 0 radical (unpaired) electrons. The quantitative estimate of drug-likeness (QED) is 0.172. The van der Waals surface area contributed by atoms with E-state index in [2.05, 4.69) is 17.9 Å². The van der Waals surface area contributed by atoms with Gasteiger partial charge in [-0.2, -0.15) is 0 Å². The summed E-state index contributed by atoms with van der Waals surface area (Å²) in [5, 5.41) is 4.10. The van der Waals surface area contributed by atoms with Gasteiger partial charge in [-0.25, -0.2) is 13.2 Å². The first kappa shape index (κ1) is 28.4. The van der Waals surface area contributed by atoms with E-state index in [4.69, 9.17) is 4.74 Å². The van der Waals surface area contributed by atoms with E-state index in [9.17, 15) is 13.6 Å². The van der Waals surface area contributed by atoms with Crippen LogP contribution >= 0.6 is 24.4 Å². The van der Waals surface area contributed by atoms with Crippen molar-refractivity contribution in [3.05, 3.63) is 111 Å². The van der Waals surface area contributed by atoms with Crippen molar-refractivity contribution in [3.8, 4) is 16.9 Å². The molecule has 1 aliphatic rings. The minimum atomic E-state index is -0.661. The average Bonchev–Trinajstić information content (AvgIpc) is 3.36. The number of ether oxygens (including phenoxy) is 1. The average molecular weight is 583 g/mol. The van der Waals surface area contributed by atoms with Gasteiger partial charge in [-0.1, -0.05) is 30.3 Å². The number of benzene rings is 3. The number of halogens is 3. The number of hydrogen-bond donors (Lipinski definition) is 2. The maximum absolute atomic E-state index is 15.5. The molecule has 40 heavy (non-hydrogen) atoms. The summed E-state index contributed by atoms with van der Waals surface area (Å²) in [6.07, 6.45) is 0.745. The Bertz CT molecular complexity index is 1590. The molecule has 0 fully saturated rings. The van der Waals surface area contributed by atoms with Crippen LogP contribution in [0.1, 0.15) is 28.3 Å². The lowest BCUT2D eigenvalue weighted by Gasteiger charge is -2.21. The fourth-order valence-corrected chi connectivity index (χ4v) is 6.68. The molecule has 4 nitrogen and oxygen atoms in total. The molecule has 0 amide bonds. The van der Waals surface area contributed by atoms with Crippen LogP contribution in [0.3, 0.4) is 0 Å². The standard InChI is InChI=1S/C31H29F3N2O2S2/c1-18-23(15-24-25(32)6-4-7-26(24)33)31-36(30(37)28(18)22-5-3-8-27(38-2)29(22)34)20(17-40-31)16-35-14-13-19-9-11-21(39)12-10-19/h3-12,20,35,39H,13-17H2,1-2H3. The van der Waals surface area contributed by atoms with Crippen LogP contribution in [0.5, 0.6) is 5.75 Å². The smallest absolute Gasteiger partial charge is 0.260 e. The van der Waals surface area contributed by atoms with Crippen molar-refractivity contribution in [2.45, 2.75) is 35.7 Å². The summed E-state index contributed by atoms with van der Waals surface area (Å²) < 4.78 is 51.8. The van der Waals surface area contributed by atoms with Gasteiger partial charge in [-0.3, -0.25) is 9.36 Å². The zero-order valence-corrected chi connectivity index (χ0v) is 23.9. The molecule has 0 bridgehead atoms. The predicted octanol–water partition coefficient (Wildman–Crippen LogP) is 6.61. The normalized spacial score (nSPS) is 14.4. The molecule has 9 heteroatoms. The van der Waals surface area contributed by atoms with Crippen molar-refractivity contribution in [2.24, 2.45) is 0 Å². The van der Waals surface area contributed by atoms with Crippen molar-refractivity contribution in [1.82, 2.24) is 9.88 Å². The summed E-state index contributed by atoms with van der Waals surface area (Å²) in [4.78, 5) is 14.9. The van der Waals surface area contributed by atoms with E-state index >= 15 is 4.39 Å². The van der Waals surface area contributed by atoms with Crippen LogP contribution in [0.15, 0.2) is 75.4 Å². The molecule has 0 spiro atoms. The first-order valence-corrected chi connectivity index (χ1v) is 14.4. The Hall–Kier alpha value is -3.14. The van der Waals surface area contributed by atoms with Crippen molar-refractivity contribution < 1.29 is 17.9 Å². The van der Waals surface area contributed by atoms with Crippen LogP contribution in [0.25, 0.3) is 11.1 Å². The zero-order chi connectivity index (χ0) is 28.4. The molecule has 1 unspecified atom stereocenters. The van der Waals surface area contributed by atoms with Crippen molar-refractivity contribution in [2.75, 3.05) is 26.0 Å². The van der Waals surface area contributed by atoms with Crippen molar-refractivity contribution in [1.29, 1.82) is 0 Å². The Balaban J connectivity index is 1.54. The van der Waals surface area contributed by atoms with Crippen molar-refractivity contribution >= 4 is 24.4 Å². The van der Waals surface area contributed by atoms with E-state index in [0.717, 1.165) is 11.3 Å². The highest BCUT2D eigenvalue weighted by Gasteiger charge is 2.32. The number of hydrogen-bond acceptors (Lipinski definition) is 5. The molecule has 208 valence electrons. The summed E-state index contributed by atoms with van der Waals surface area (Å²) >= 11 is 5.81. The van der Waals surface area contributed by atoms with Gasteiger partial charge in [0.05, 0.1) is 23.7 Å². The third-order valence-electron chi connectivity index (χ3n) is 7.29. The van der Waals surface area contributed by atoms with Gasteiger partial charge >= 0.3 is 0 Å². The third-order valence-corrected chi connectivity index (χ3v) is 8.86. The lowest BCUT2D eigenvalue weighted by atomic mass is 9.94. The highest BCUT2D eigenvalue weighted by molar-refractivity contribution is 7.99. The van der Waals surface area contributed by atoms with Crippen LogP contribution < -0.4 is 15.6 Å². The number of thiol groups is 1. The predicted molar refractivity (Wildman–Crippen MR) is 157 cm³/mol. The van der Waals surface area contributed by atoms with Gasteiger partial charge in [0.25, 0.3) is 5.56 Å². The molecule has 5 rings (SSSR count). The highest BCUT2D eigenvalue weighted by Crippen LogP contribution is 2.40. The van der Waals surface area contributed by atoms with Gasteiger partial charge in [-0.05, 0) is 66.9 Å². The minimum Gasteiger partial charge on any atom is -0.494 e. The van der Waals surface area contributed by atoms with Gasteiger partial charge < -0.3 is 10.1 Å². The molecule has 4 aromatic rings. The van der Waals surface area contributed by atoms with Crippen LogP contribution in [0.4, 0.5) is 13.2 Å². The lowest BCUT2D eigenvalue weighted by molar-refractivity contribution is 0.387. The van der Waals surface area contributed by atoms with Gasteiger partial charge in [0, 0.05) is 34.7 Å². The Labute approximate surface area is 241 Å². The van der Waals surface area contributed by atoms with Crippen molar-refractivity contribution in [3.63, 3.8) is 0 Å². The number of thioether (sulfide) groups is 1. The number of pyridine rings is 1. The molecular weight excluding hydrogens is 553 g/mol. The fraction of sp³-hybridized carbons (Fsp3) is 0.258. The largest absolute Gasteiger partial charge is 0.494 e. The third kappa shape index (κ3) is 5.55. The topological polar surface area (TPSA) is 43.3 Å². The first-order chi connectivity index (χ1) is 19.3. The molecule has 0 saturated carbocycles. The number of fused-ring (bicyclic) bond motifs is 1. The summed E-state index contributed by atoms with van der Waals surface area (Å²) in [7, 11) is 1.36. The molecule has 1 atom stereocenters. The summed E-state index contributed by atoms with van der Waals surface area (Å²) in [6, 6.07) is 16.1. The van der Waals surface area contributed by atoms with E-state index in [1.54, 1.807) is 17.6 Å². The Morgan fingerprint density at radius 2 is 1.73 bits per heavy atom. The number of methoxy groups -OCH3 is 1. The van der Waals surface area contributed by atoms with Crippen LogP contribution in [0.2, 0.25) is 0 Å². The van der Waals surface area contributed by atoms with Crippen LogP contribution in [0, 0.1) is 24.4 Å². The molecule has 2 heterocycles. The molecule has 1 aromatic heterocycles. The van der Waals surface area contributed by atoms with E-state index in [-0.39, 0.29) is 40.5 Å². The van der Waals surface area contributed by atoms with E-state index in [1.165, 1.54) is 54.8 Å². The maximum Gasteiger partial charge on any atom is 0.260 e. The number of nitrogens with one attached hydrogen (secondary N) is 1. The SMILES string of the molecule is COc1cccc(-c2c(C)c(Cc3c(F)cccc3F)c3n(c2=O)C(CNCCc2ccc(S)cc2)CS3)c1F. The minimum absolute atomic E-state index is 0.0158. The Kier molecular flexibility index (Phi) is 8.63. The lowest BCUT2D eigenvalue weighted by Crippen LogP contribution is -2.34. The Morgan fingerprint density at radius 3 is 2.42 bits per heavy atom. The van der Waals surface area contributed by atoms with Crippen LogP contribution in [-0.2, 0) is 12.8 Å². The monoisotopic (exact) mass is 582 g/mol. The molecule has 3 aromatic carbocycles. The van der Waals surface area contributed by atoms with Gasteiger partial charge in [0.1, 0.15) is 11.6 Å². The van der Waals surface area contributed by atoms with E-state index < -0.39 is 17.5 Å². The molecule has 0 saturated heterocycles. The first-order valence-electron chi connectivity index (χ1n) is 12.9. The van der Waals surface area contributed by atoms with Crippen LogP contribution in [-0.4, -0.2) is 30.5 Å². The highest BCUT2D eigenvalue weighted by atomic mass is 32.2. The molecule has 1 aliphatic heterocycles. The van der Waals surface area contributed by atoms with Gasteiger partial charge in [0.15, 0.2) is 11.6 Å². The Morgan fingerprint density at radius 1 is 1.02 bits per heavy atom.